The number of rotatable bonds is 3. The van der Waals surface area contributed by atoms with Gasteiger partial charge < -0.3 is 4.84 Å². The highest BCUT2D eigenvalue weighted by Gasteiger charge is 2.62. The molecule has 9 heteroatoms. The first-order valence-corrected chi connectivity index (χ1v) is 7.62. The average Bonchev–Trinajstić information content (AvgIpc) is 3.08. The third-order valence-corrected chi connectivity index (χ3v) is 4.22. The van der Waals surface area contributed by atoms with Crippen molar-refractivity contribution in [1.82, 2.24) is 0 Å². The molecule has 2 aromatic rings. The standard InChI is InChI=1S/C18H11F6NO2/c19-17(20,21)14-3-1-2-13(8-14)16(18(22,23)24)9-15(25-27-16)12-6-4-11(10-26)5-7-12/h1-8,10H,9H2. The van der Waals surface area contributed by atoms with Gasteiger partial charge in [-0.05, 0) is 17.7 Å². The van der Waals surface area contributed by atoms with Crippen molar-refractivity contribution in [2.75, 3.05) is 0 Å². The van der Waals surface area contributed by atoms with Crippen molar-refractivity contribution in [2.24, 2.45) is 5.16 Å². The van der Waals surface area contributed by atoms with Crippen LogP contribution in [0.4, 0.5) is 26.3 Å². The van der Waals surface area contributed by atoms with E-state index in [0.29, 0.717) is 24.0 Å². The van der Waals surface area contributed by atoms with E-state index in [1.54, 1.807) is 0 Å². The topological polar surface area (TPSA) is 38.7 Å². The molecular formula is C18H11F6NO2. The van der Waals surface area contributed by atoms with Crippen molar-refractivity contribution < 1.29 is 36.0 Å². The van der Waals surface area contributed by atoms with Crippen molar-refractivity contribution >= 4 is 12.0 Å². The summed E-state index contributed by atoms with van der Waals surface area (Å²) in [5.41, 5.74) is -4.41. The van der Waals surface area contributed by atoms with Gasteiger partial charge in [0.05, 0.1) is 11.3 Å². The molecule has 0 aliphatic carbocycles. The molecule has 1 atom stereocenters. The van der Waals surface area contributed by atoms with Crippen LogP contribution in [0.5, 0.6) is 0 Å². The van der Waals surface area contributed by atoms with E-state index in [4.69, 9.17) is 4.84 Å². The third-order valence-electron chi connectivity index (χ3n) is 4.22. The van der Waals surface area contributed by atoms with E-state index < -0.39 is 35.5 Å². The molecular weight excluding hydrogens is 376 g/mol. The maximum atomic E-state index is 13.8. The second kappa shape index (κ2) is 6.40. The van der Waals surface area contributed by atoms with E-state index >= 15 is 0 Å². The lowest BCUT2D eigenvalue weighted by Crippen LogP contribution is -2.42. The Morgan fingerprint density at radius 1 is 1.00 bits per heavy atom. The van der Waals surface area contributed by atoms with Gasteiger partial charge in [0, 0.05) is 17.5 Å². The highest BCUT2D eigenvalue weighted by Crippen LogP contribution is 2.49. The van der Waals surface area contributed by atoms with Crippen LogP contribution < -0.4 is 0 Å². The van der Waals surface area contributed by atoms with Gasteiger partial charge in [-0.15, -0.1) is 0 Å². The summed E-state index contributed by atoms with van der Waals surface area (Å²) in [4.78, 5) is 15.4. The molecule has 1 unspecified atom stereocenters. The second-order valence-electron chi connectivity index (χ2n) is 5.95. The number of nitrogens with zero attached hydrogens (tertiary/aromatic N) is 1. The molecule has 3 nitrogen and oxygen atoms in total. The highest BCUT2D eigenvalue weighted by molar-refractivity contribution is 6.02. The summed E-state index contributed by atoms with van der Waals surface area (Å²) in [5.74, 6) is 0. The van der Waals surface area contributed by atoms with Gasteiger partial charge in [-0.25, -0.2) is 0 Å². The van der Waals surface area contributed by atoms with E-state index in [0.717, 1.165) is 12.1 Å². The number of carbonyl (C=O) groups excluding carboxylic acids is 1. The highest BCUT2D eigenvalue weighted by atomic mass is 19.4. The maximum absolute atomic E-state index is 13.8. The summed E-state index contributed by atoms with van der Waals surface area (Å²) in [5, 5.41) is 3.48. The van der Waals surface area contributed by atoms with Gasteiger partial charge in [0.15, 0.2) is 0 Å². The molecule has 0 saturated carbocycles. The molecule has 0 bridgehead atoms. The molecule has 2 aromatic carbocycles. The number of alkyl halides is 6. The first-order chi connectivity index (χ1) is 12.6. The van der Waals surface area contributed by atoms with Crippen molar-refractivity contribution in [3.05, 3.63) is 70.8 Å². The van der Waals surface area contributed by atoms with Crippen LogP contribution in [-0.2, 0) is 16.6 Å². The Morgan fingerprint density at radius 2 is 1.67 bits per heavy atom. The number of halogens is 6. The van der Waals surface area contributed by atoms with E-state index in [2.05, 4.69) is 5.16 Å². The molecule has 0 aromatic heterocycles. The fourth-order valence-electron chi connectivity index (χ4n) is 2.76. The lowest BCUT2D eigenvalue weighted by Gasteiger charge is -2.30. The molecule has 0 radical (unpaired) electrons. The molecule has 0 fully saturated rings. The fraction of sp³-hybridized carbons (Fsp3) is 0.222. The normalized spacial score (nSPS) is 20.1. The lowest BCUT2D eigenvalue weighted by molar-refractivity contribution is -0.276. The van der Waals surface area contributed by atoms with Crippen LogP contribution in [0.15, 0.2) is 53.7 Å². The zero-order chi connectivity index (χ0) is 19.9. The quantitative estimate of drug-likeness (QED) is 0.543. The van der Waals surface area contributed by atoms with Crippen LogP contribution >= 0.6 is 0 Å². The minimum atomic E-state index is -5.01. The monoisotopic (exact) mass is 387 g/mol. The van der Waals surface area contributed by atoms with Crippen LogP contribution in [0.3, 0.4) is 0 Å². The van der Waals surface area contributed by atoms with Crippen LogP contribution in [-0.4, -0.2) is 18.2 Å². The molecule has 0 amide bonds. The average molecular weight is 387 g/mol. The molecule has 27 heavy (non-hydrogen) atoms. The summed E-state index contributed by atoms with van der Waals surface area (Å²) in [6.07, 6.45) is -10.0. The Morgan fingerprint density at radius 3 is 2.22 bits per heavy atom. The van der Waals surface area contributed by atoms with Gasteiger partial charge in [-0.3, -0.25) is 4.79 Å². The van der Waals surface area contributed by atoms with Gasteiger partial charge in [0.2, 0.25) is 0 Å². The number of hydrogen-bond acceptors (Lipinski definition) is 3. The molecule has 1 aliphatic rings. The summed E-state index contributed by atoms with van der Waals surface area (Å²) in [7, 11) is 0. The molecule has 0 N–H and O–H groups in total. The van der Waals surface area contributed by atoms with Gasteiger partial charge >= 0.3 is 12.4 Å². The Labute approximate surface area is 149 Å². The lowest BCUT2D eigenvalue weighted by atomic mass is 9.85. The van der Waals surface area contributed by atoms with Crippen LogP contribution in [0.25, 0.3) is 0 Å². The molecule has 3 rings (SSSR count). The summed E-state index contributed by atoms with van der Waals surface area (Å²) < 4.78 is 80.2. The second-order valence-corrected chi connectivity index (χ2v) is 5.95. The van der Waals surface area contributed by atoms with Gasteiger partial charge in [0.25, 0.3) is 5.60 Å². The van der Waals surface area contributed by atoms with Crippen molar-refractivity contribution in [3.8, 4) is 0 Å². The molecule has 142 valence electrons. The predicted octanol–water partition coefficient (Wildman–Crippen LogP) is 5.10. The van der Waals surface area contributed by atoms with Crippen molar-refractivity contribution in [1.29, 1.82) is 0 Å². The number of benzene rings is 2. The van der Waals surface area contributed by atoms with E-state index in [9.17, 15) is 31.1 Å². The van der Waals surface area contributed by atoms with E-state index in [-0.39, 0.29) is 11.3 Å². The number of aldehydes is 1. The van der Waals surface area contributed by atoms with Crippen molar-refractivity contribution in [2.45, 2.75) is 24.4 Å². The third kappa shape index (κ3) is 3.41. The summed E-state index contributed by atoms with van der Waals surface area (Å²) >= 11 is 0. The fourth-order valence-corrected chi connectivity index (χ4v) is 2.76. The molecule has 1 heterocycles. The molecule has 0 spiro atoms. The van der Waals surface area contributed by atoms with E-state index in [1.807, 2.05) is 0 Å². The SMILES string of the molecule is O=Cc1ccc(C2=NOC(c3cccc(C(F)(F)F)c3)(C(F)(F)F)C2)cc1. The van der Waals surface area contributed by atoms with Gasteiger partial charge in [-0.2, -0.15) is 26.3 Å². The zero-order valence-corrected chi connectivity index (χ0v) is 13.4. The van der Waals surface area contributed by atoms with Gasteiger partial charge in [0.1, 0.15) is 6.29 Å². The van der Waals surface area contributed by atoms with Crippen LogP contribution in [0, 0.1) is 0 Å². The smallest absolute Gasteiger partial charge is 0.374 e. The summed E-state index contributed by atoms with van der Waals surface area (Å²) in [6, 6.07) is 8.49. The number of hydrogen-bond donors (Lipinski definition) is 0. The Bertz CT molecular complexity index is 886. The largest absolute Gasteiger partial charge is 0.435 e. The Balaban J connectivity index is 2.01. The van der Waals surface area contributed by atoms with Crippen molar-refractivity contribution in [3.63, 3.8) is 0 Å². The zero-order valence-electron chi connectivity index (χ0n) is 13.4. The first kappa shape index (κ1) is 18.9. The van der Waals surface area contributed by atoms with Gasteiger partial charge in [-0.1, -0.05) is 41.6 Å². The van der Waals surface area contributed by atoms with Crippen LogP contribution in [0.1, 0.15) is 33.5 Å². The van der Waals surface area contributed by atoms with Crippen LogP contribution in [0.2, 0.25) is 0 Å². The first-order valence-electron chi connectivity index (χ1n) is 7.62. The number of carbonyl (C=O) groups is 1. The Hall–Kier alpha value is -2.84. The minimum Gasteiger partial charge on any atom is -0.374 e. The minimum absolute atomic E-state index is 0.0813. The van der Waals surface area contributed by atoms with E-state index in [1.165, 1.54) is 24.3 Å². The number of oxime groups is 1. The molecule has 1 aliphatic heterocycles. The summed E-state index contributed by atoms with van der Waals surface area (Å²) in [6.45, 7) is 0. The molecule has 0 saturated heterocycles. The predicted molar refractivity (Wildman–Crippen MR) is 83.2 cm³/mol. The maximum Gasteiger partial charge on any atom is 0.435 e. The Kier molecular flexibility index (Phi) is 4.49.